The number of benzene rings is 1. The molecule has 0 saturated heterocycles. The van der Waals surface area contributed by atoms with Crippen molar-refractivity contribution in [2.24, 2.45) is 0 Å². The smallest absolute Gasteiger partial charge is 0.173 e. The number of hydrogen-bond acceptors (Lipinski definition) is 4. The lowest BCUT2D eigenvalue weighted by molar-refractivity contribution is 1.21. The first-order chi connectivity index (χ1) is 7.25. The maximum Gasteiger partial charge on any atom is 0.173 e. The molecule has 15 heavy (non-hydrogen) atoms. The zero-order chi connectivity index (χ0) is 10.7. The van der Waals surface area contributed by atoms with Gasteiger partial charge in [-0.3, -0.25) is 0 Å². The summed E-state index contributed by atoms with van der Waals surface area (Å²) in [5.41, 5.74) is 6.61. The van der Waals surface area contributed by atoms with Crippen molar-refractivity contribution in [2.45, 2.75) is 0 Å². The third-order valence-corrected chi connectivity index (χ3v) is 2.55. The number of nitrogens with zero attached hydrogens (tertiary/aromatic N) is 2. The molecule has 2 aromatic rings. The molecule has 1 heterocycles. The van der Waals surface area contributed by atoms with E-state index in [1.54, 1.807) is 12.4 Å². The lowest BCUT2D eigenvalue weighted by atomic mass is 10.3. The van der Waals surface area contributed by atoms with E-state index in [-0.39, 0.29) is 0 Å². The Morgan fingerprint density at radius 3 is 2.40 bits per heavy atom. The van der Waals surface area contributed by atoms with Crippen LogP contribution < -0.4 is 11.1 Å². The Morgan fingerprint density at radius 2 is 1.73 bits per heavy atom. The number of aromatic nitrogens is 2. The molecular formula is C10H9IN4. The van der Waals surface area contributed by atoms with Crippen LogP contribution >= 0.6 is 22.6 Å². The highest BCUT2D eigenvalue weighted by molar-refractivity contribution is 14.1. The molecule has 0 radical (unpaired) electrons. The third-order valence-electron chi connectivity index (χ3n) is 1.83. The van der Waals surface area contributed by atoms with Crippen molar-refractivity contribution in [1.82, 2.24) is 9.97 Å². The Hall–Kier alpha value is -1.37. The summed E-state index contributed by atoms with van der Waals surface area (Å²) >= 11 is 2.25. The first-order valence-electron chi connectivity index (χ1n) is 4.35. The van der Waals surface area contributed by atoms with Crippen LogP contribution in [0.4, 0.5) is 17.3 Å². The molecule has 2 rings (SSSR count). The summed E-state index contributed by atoms with van der Waals surface area (Å²) in [7, 11) is 0. The first-order valence-corrected chi connectivity index (χ1v) is 5.42. The van der Waals surface area contributed by atoms with Crippen molar-refractivity contribution < 1.29 is 0 Å². The van der Waals surface area contributed by atoms with Gasteiger partial charge >= 0.3 is 0 Å². The van der Waals surface area contributed by atoms with Crippen LogP contribution in [-0.2, 0) is 0 Å². The molecule has 0 aliphatic rings. The van der Waals surface area contributed by atoms with Crippen LogP contribution in [0.15, 0.2) is 36.7 Å². The van der Waals surface area contributed by atoms with Gasteiger partial charge in [-0.05, 0) is 46.9 Å². The maximum absolute atomic E-state index is 5.66. The molecule has 0 aliphatic heterocycles. The van der Waals surface area contributed by atoms with E-state index in [0.717, 1.165) is 5.69 Å². The number of anilines is 3. The Bertz CT molecular complexity index is 455. The number of nitrogen functional groups attached to an aromatic ring is 1. The summed E-state index contributed by atoms with van der Waals surface area (Å²) in [6, 6.07) is 7.96. The summed E-state index contributed by atoms with van der Waals surface area (Å²) < 4.78 is 1.19. The average molecular weight is 312 g/mol. The number of rotatable bonds is 2. The van der Waals surface area contributed by atoms with Crippen LogP contribution in [0, 0.1) is 3.57 Å². The molecule has 0 fully saturated rings. The molecule has 3 N–H and O–H groups in total. The minimum Gasteiger partial charge on any atom is -0.381 e. The van der Waals surface area contributed by atoms with Gasteiger partial charge in [-0.25, -0.2) is 9.97 Å². The van der Waals surface area contributed by atoms with Crippen LogP contribution in [-0.4, -0.2) is 9.97 Å². The van der Waals surface area contributed by atoms with E-state index in [9.17, 15) is 0 Å². The maximum atomic E-state index is 5.66. The zero-order valence-corrected chi connectivity index (χ0v) is 9.97. The van der Waals surface area contributed by atoms with E-state index >= 15 is 0 Å². The van der Waals surface area contributed by atoms with Gasteiger partial charge in [-0.15, -0.1) is 0 Å². The van der Waals surface area contributed by atoms with Crippen LogP contribution in [0.3, 0.4) is 0 Å². The summed E-state index contributed by atoms with van der Waals surface area (Å²) in [6.45, 7) is 0. The number of nitrogens with two attached hydrogens (primary N) is 1. The Kier molecular flexibility index (Phi) is 3.00. The molecule has 0 aliphatic carbocycles. The Labute approximate surface area is 101 Å². The van der Waals surface area contributed by atoms with E-state index < -0.39 is 0 Å². The van der Waals surface area contributed by atoms with Gasteiger partial charge in [0.15, 0.2) is 11.6 Å². The molecule has 5 heteroatoms. The lowest BCUT2D eigenvalue weighted by Gasteiger charge is -2.06. The number of nitrogens with one attached hydrogen (secondary N) is 1. The van der Waals surface area contributed by atoms with Gasteiger partial charge < -0.3 is 11.1 Å². The standard InChI is InChI=1S/C10H9IN4/c11-7-1-3-8(4-2-7)15-10-9(12)13-5-6-14-10/h1-6H,(H2,12,13)(H,14,15). The van der Waals surface area contributed by atoms with Crippen molar-refractivity contribution in [1.29, 1.82) is 0 Å². The molecular weight excluding hydrogens is 303 g/mol. The van der Waals surface area contributed by atoms with E-state index in [4.69, 9.17) is 5.73 Å². The first kappa shape index (κ1) is 10.2. The second-order valence-corrected chi connectivity index (χ2v) is 4.17. The molecule has 0 saturated carbocycles. The Balaban J connectivity index is 2.22. The largest absolute Gasteiger partial charge is 0.381 e. The molecule has 0 amide bonds. The van der Waals surface area contributed by atoms with E-state index in [1.807, 2.05) is 24.3 Å². The minimum absolute atomic E-state index is 0.399. The second-order valence-electron chi connectivity index (χ2n) is 2.92. The van der Waals surface area contributed by atoms with Crippen LogP contribution in [0.2, 0.25) is 0 Å². The zero-order valence-electron chi connectivity index (χ0n) is 7.81. The lowest BCUT2D eigenvalue weighted by Crippen LogP contribution is -2.00. The van der Waals surface area contributed by atoms with Crippen molar-refractivity contribution in [2.75, 3.05) is 11.1 Å². The van der Waals surface area contributed by atoms with Gasteiger partial charge in [-0.1, -0.05) is 0 Å². The quantitative estimate of drug-likeness (QED) is 0.836. The number of hydrogen-bond donors (Lipinski definition) is 2. The summed E-state index contributed by atoms with van der Waals surface area (Å²) in [6.07, 6.45) is 3.17. The van der Waals surface area contributed by atoms with Crippen molar-refractivity contribution in [3.8, 4) is 0 Å². The normalized spacial score (nSPS) is 9.93. The highest BCUT2D eigenvalue weighted by Gasteiger charge is 2.00. The fraction of sp³-hybridized carbons (Fsp3) is 0. The Morgan fingerprint density at radius 1 is 1.07 bits per heavy atom. The molecule has 76 valence electrons. The fourth-order valence-electron chi connectivity index (χ4n) is 1.12. The molecule has 1 aromatic heterocycles. The van der Waals surface area contributed by atoms with E-state index in [1.165, 1.54) is 3.57 Å². The highest BCUT2D eigenvalue weighted by atomic mass is 127. The topological polar surface area (TPSA) is 63.8 Å². The SMILES string of the molecule is Nc1nccnc1Nc1ccc(I)cc1. The second kappa shape index (κ2) is 4.43. The van der Waals surface area contributed by atoms with E-state index in [2.05, 4.69) is 37.9 Å². The van der Waals surface area contributed by atoms with E-state index in [0.29, 0.717) is 11.6 Å². The van der Waals surface area contributed by atoms with Gasteiger partial charge in [0.25, 0.3) is 0 Å². The number of halogens is 1. The molecule has 0 spiro atoms. The van der Waals surface area contributed by atoms with Gasteiger partial charge in [0, 0.05) is 21.7 Å². The molecule has 0 bridgehead atoms. The van der Waals surface area contributed by atoms with Crippen molar-refractivity contribution in [3.63, 3.8) is 0 Å². The summed E-state index contributed by atoms with van der Waals surface area (Å²) in [5, 5.41) is 3.10. The van der Waals surface area contributed by atoms with Crippen LogP contribution in [0.1, 0.15) is 0 Å². The van der Waals surface area contributed by atoms with Crippen molar-refractivity contribution >= 4 is 39.9 Å². The van der Waals surface area contributed by atoms with Gasteiger partial charge in [0.05, 0.1) is 0 Å². The van der Waals surface area contributed by atoms with Crippen molar-refractivity contribution in [3.05, 3.63) is 40.2 Å². The predicted octanol–water partition coefficient (Wildman–Crippen LogP) is 2.41. The molecule has 0 unspecified atom stereocenters. The average Bonchev–Trinajstić information content (AvgIpc) is 2.25. The predicted molar refractivity (Wildman–Crippen MR) is 68.9 cm³/mol. The van der Waals surface area contributed by atoms with Crippen LogP contribution in [0.25, 0.3) is 0 Å². The van der Waals surface area contributed by atoms with Crippen LogP contribution in [0.5, 0.6) is 0 Å². The third kappa shape index (κ3) is 2.56. The molecule has 4 nitrogen and oxygen atoms in total. The van der Waals surface area contributed by atoms with Gasteiger partial charge in [-0.2, -0.15) is 0 Å². The van der Waals surface area contributed by atoms with Gasteiger partial charge in [0.1, 0.15) is 0 Å². The summed E-state index contributed by atoms with van der Waals surface area (Å²) in [4.78, 5) is 8.04. The minimum atomic E-state index is 0.399. The molecule has 1 aromatic carbocycles. The fourth-order valence-corrected chi connectivity index (χ4v) is 1.47. The van der Waals surface area contributed by atoms with Gasteiger partial charge in [0.2, 0.25) is 0 Å². The monoisotopic (exact) mass is 312 g/mol. The molecule has 0 atom stereocenters. The summed E-state index contributed by atoms with van der Waals surface area (Å²) in [5.74, 6) is 0.981. The highest BCUT2D eigenvalue weighted by Crippen LogP contribution is 2.18.